The molecule has 0 aromatic carbocycles. The van der Waals surface area contributed by atoms with Gasteiger partial charge in [0.25, 0.3) is 0 Å². The average Bonchev–Trinajstić information content (AvgIpc) is 3.35. The molecule has 0 bridgehead atoms. The van der Waals surface area contributed by atoms with E-state index >= 15 is 0 Å². The van der Waals surface area contributed by atoms with Crippen molar-refractivity contribution < 1.29 is 28.6 Å². The second-order valence-corrected chi connectivity index (χ2v) is 19.9. The third-order valence-corrected chi connectivity index (χ3v) is 13.0. The predicted molar refractivity (Wildman–Crippen MR) is 298 cm³/mol. The van der Waals surface area contributed by atoms with E-state index in [9.17, 15) is 14.4 Å². The number of carbonyl (C=O) groups is 3. The Morgan fingerprint density at radius 3 is 0.884 bits per heavy atom. The lowest BCUT2D eigenvalue weighted by Gasteiger charge is -2.18. The summed E-state index contributed by atoms with van der Waals surface area (Å²) < 4.78 is 16.8. The molecule has 6 nitrogen and oxygen atoms in total. The highest BCUT2D eigenvalue weighted by atomic mass is 16.6. The summed E-state index contributed by atoms with van der Waals surface area (Å²) in [6.45, 7) is 6.52. The molecule has 69 heavy (non-hydrogen) atoms. The highest BCUT2D eigenvalue weighted by molar-refractivity contribution is 5.71. The molecule has 0 aliphatic heterocycles. The Balaban J connectivity index is 4.23. The van der Waals surface area contributed by atoms with Gasteiger partial charge in [-0.05, 0) is 64.2 Å². The molecule has 0 aliphatic carbocycles. The molecule has 0 amide bonds. The smallest absolute Gasteiger partial charge is 0.306 e. The minimum Gasteiger partial charge on any atom is -0.462 e. The minimum atomic E-state index is -0.781. The maximum absolute atomic E-state index is 12.8. The van der Waals surface area contributed by atoms with E-state index in [0.717, 1.165) is 109 Å². The molecule has 0 aromatic heterocycles. The highest BCUT2D eigenvalue weighted by Gasteiger charge is 2.19. The standard InChI is InChI=1S/C63H112O6/c1-4-7-10-13-16-19-21-23-25-27-29-31-33-34-36-38-40-42-44-47-50-53-56-62(65)68-59-60(58-67-61(64)55-52-49-46-18-15-12-9-6-3)69-63(66)57-54-51-48-45-43-41-39-37-35-32-30-28-26-24-22-20-17-14-11-8-5-2/h8,11,17,20,24,26,30,32,37,39,60H,4-7,9-10,12-16,18-19,21-23,25,27-29,31,33-36,38,40-59H2,1-3H3/b11-8-,20-17-,26-24-,32-30-,39-37-. The molecule has 0 saturated heterocycles. The first-order valence-corrected chi connectivity index (χ1v) is 29.8. The Bertz CT molecular complexity index is 1250. The molecule has 0 rings (SSSR count). The van der Waals surface area contributed by atoms with Gasteiger partial charge in [0.1, 0.15) is 13.2 Å². The zero-order valence-corrected chi connectivity index (χ0v) is 45.8. The van der Waals surface area contributed by atoms with Gasteiger partial charge in [0.05, 0.1) is 0 Å². The fourth-order valence-electron chi connectivity index (χ4n) is 8.59. The number of unbranched alkanes of at least 4 members (excludes halogenated alkanes) is 33. The lowest BCUT2D eigenvalue weighted by molar-refractivity contribution is -0.167. The van der Waals surface area contributed by atoms with E-state index in [-0.39, 0.29) is 31.1 Å². The number of rotatable bonds is 54. The quantitative estimate of drug-likeness (QED) is 0.0262. The molecule has 0 aliphatic rings. The summed E-state index contributed by atoms with van der Waals surface area (Å²) in [4.78, 5) is 38.0. The van der Waals surface area contributed by atoms with Crippen LogP contribution in [-0.4, -0.2) is 37.2 Å². The second kappa shape index (κ2) is 57.7. The van der Waals surface area contributed by atoms with Gasteiger partial charge in [0, 0.05) is 19.3 Å². The summed E-state index contributed by atoms with van der Waals surface area (Å²) in [5, 5.41) is 0. The topological polar surface area (TPSA) is 78.9 Å². The van der Waals surface area contributed by atoms with E-state index in [4.69, 9.17) is 14.2 Å². The highest BCUT2D eigenvalue weighted by Crippen LogP contribution is 2.17. The molecule has 6 heteroatoms. The zero-order chi connectivity index (χ0) is 50.0. The molecular formula is C63H112O6. The lowest BCUT2D eigenvalue weighted by Crippen LogP contribution is -2.30. The third kappa shape index (κ3) is 55.9. The van der Waals surface area contributed by atoms with Crippen LogP contribution in [0.2, 0.25) is 0 Å². The van der Waals surface area contributed by atoms with Gasteiger partial charge in [0.15, 0.2) is 6.10 Å². The first-order valence-electron chi connectivity index (χ1n) is 29.8. The number of hydrogen-bond donors (Lipinski definition) is 0. The average molecular weight is 966 g/mol. The lowest BCUT2D eigenvalue weighted by atomic mass is 10.0. The zero-order valence-electron chi connectivity index (χ0n) is 45.8. The Morgan fingerprint density at radius 1 is 0.304 bits per heavy atom. The van der Waals surface area contributed by atoms with Crippen molar-refractivity contribution in [1.29, 1.82) is 0 Å². The van der Waals surface area contributed by atoms with Gasteiger partial charge in [-0.15, -0.1) is 0 Å². The van der Waals surface area contributed by atoms with Crippen molar-refractivity contribution in [3.63, 3.8) is 0 Å². The summed E-state index contributed by atoms with van der Waals surface area (Å²) in [7, 11) is 0. The first-order chi connectivity index (χ1) is 34.0. The summed E-state index contributed by atoms with van der Waals surface area (Å²) >= 11 is 0. The van der Waals surface area contributed by atoms with Crippen molar-refractivity contribution >= 4 is 17.9 Å². The molecule has 0 N–H and O–H groups in total. The van der Waals surface area contributed by atoms with Crippen LogP contribution in [-0.2, 0) is 28.6 Å². The van der Waals surface area contributed by atoms with Gasteiger partial charge in [-0.1, -0.05) is 281 Å². The van der Waals surface area contributed by atoms with Gasteiger partial charge in [-0.25, -0.2) is 0 Å². The summed E-state index contributed by atoms with van der Waals surface area (Å²) in [6.07, 6.45) is 72.3. The van der Waals surface area contributed by atoms with Crippen LogP contribution in [0.1, 0.15) is 303 Å². The fourth-order valence-corrected chi connectivity index (χ4v) is 8.59. The third-order valence-electron chi connectivity index (χ3n) is 13.0. The first kappa shape index (κ1) is 66.1. The molecule has 0 radical (unpaired) electrons. The van der Waals surface area contributed by atoms with Crippen LogP contribution in [0.5, 0.6) is 0 Å². The predicted octanol–water partition coefficient (Wildman–Crippen LogP) is 20.0. The Kier molecular flexibility index (Phi) is 55.3. The summed E-state index contributed by atoms with van der Waals surface area (Å²) in [5.41, 5.74) is 0. The molecule has 0 saturated carbocycles. The number of ether oxygens (including phenoxy) is 3. The van der Waals surface area contributed by atoms with E-state index in [1.165, 1.54) is 154 Å². The monoisotopic (exact) mass is 965 g/mol. The molecule has 0 heterocycles. The van der Waals surface area contributed by atoms with Crippen LogP contribution in [0, 0.1) is 0 Å². The van der Waals surface area contributed by atoms with Gasteiger partial charge in [-0.2, -0.15) is 0 Å². The van der Waals surface area contributed by atoms with Crippen molar-refractivity contribution in [1.82, 2.24) is 0 Å². The van der Waals surface area contributed by atoms with Crippen LogP contribution >= 0.6 is 0 Å². The van der Waals surface area contributed by atoms with Gasteiger partial charge < -0.3 is 14.2 Å². The molecule has 1 atom stereocenters. The molecule has 0 aromatic rings. The molecule has 400 valence electrons. The molecular weight excluding hydrogens is 853 g/mol. The summed E-state index contributed by atoms with van der Waals surface area (Å²) in [5.74, 6) is -0.889. The molecule has 0 spiro atoms. The SMILES string of the molecule is CC/C=C\C/C=C\C/C=C\C/C=C\C/C=C\CCCCCCCC(=O)OC(COC(=O)CCCCCCCCCC)COC(=O)CCCCCCCCCCCCCCCCCCCCCCCC. The normalized spacial score (nSPS) is 12.4. The van der Waals surface area contributed by atoms with Crippen LogP contribution in [0.3, 0.4) is 0 Å². The van der Waals surface area contributed by atoms with E-state index in [2.05, 4.69) is 81.5 Å². The molecule has 0 fully saturated rings. The number of allylic oxidation sites excluding steroid dienone is 10. The molecule has 1 unspecified atom stereocenters. The van der Waals surface area contributed by atoms with Crippen molar-refractivity contribution in [2.75, 3.05) is 13.2 Å². The number of carbonyl (C=O) groups excluding carboxylic acids is 3. The maximum atomic E-state index is 12.8. The van der Waals surface area contributed by atoms with E-state index in [1.54, 1.807) is 0 Å². The van der Waals surface area contributed by atoms with E-state index < -0.39 is 6.10 Å². The fraction of sp³-hybridized carbons (Fsp3) is 0.794. The largest absolute Gasteiger partial charge is 0.462 e. The van der Waals surface area contributed by atoms with Gasteiger partial charge >= 0.3 is 17.9 Å². The minimum absolute atomic E-state index is 0.0786. The van der Waals surface area contributed by atoms with Gasteiger partial charge in [-0.3, -0.25) is 14.4 Å². The van der Waals surface area contributed by atoms with Crippen molar-refractivity contribution in [2.45, 2.75) is 309 Å². The van der Waals surface area contributed by atoms with E-state index in [1.807, 2.05) is 0 Å². The van der Waals surface area contributed by atoms with Crippen LogP contribution < -0.4 is 0 Å². The van der Waals surface area contributed by atoms with Crippen molar-refractivity contribution in [3.8, 4) is 0 Å². The van der Waals surface area contributed by atoms with E-state index in [0.29, 0.717) is 19.3 Å². The van der Waals surface area contributed by atoms with Crippen molar-refractivity contribution in [3.05, 3.63) is 60.8 Å². The summed E-state index contributed by atoms with van der Waals surface area (Å²) in [6, 6.07) is 0. The Labute approximate surface area is 428 Å². The number of hydrogen-bond acceptors (Lipinski definition) is 6. The Hall–Kier alpha value is -2.89. The van der Waals surface area contributed by atoms with Crippen molar-refractivity contribution in [2.24, 2.45) is 0 Å². The number of esters is 3. The Morgan fingerprint density at radius 2 is 0.565 bits per heavy atom. The van der Waals surface area contributed by atoms with Crippen LogP contribution in [0.15, 0.2) is 60.8 Å². The van der Waals surface area contributed by atoms with Crippen LogP contribution in [0.25, 0.3) is 0 Å². The van der Waals surface area contributed by atoms with Gasteiger partial charge in [0.2, 0.25) is 0 Å². The van der Waals surface area contributed by atoms with Crippen LogP contribution in [0.4, 0.5) is 0 Å². The second-order valence-electron chi connectivity index (χ2n) is 19.9. The maximum Gasteiger partial charge on any atom is 0.306 e.